The lowest BCUT2D eigenvalue weighted by atomic mass is 10.5. The Morgan fingerprint density at radius 3 is 1.11 bits per heavy atom. The summed E-state index contributed by atoms with van der Waals surface area (Å²) in [6.45, 7) is 10.0. The van der Waals surface area contributed by atoms with Gasteiger partial charge in [0.1, 0.15) is 5.84 Å². The van der Waals surface area contributed by atoms with Crippen LogP contribution in [-0.4, -0.2) is 116 Å². The van der Waals surface area contributed by atoms with Crippen LogP contribution in [0.1, 0.15) is 34.6 Å². The molecular formula is C24H56N30. The van der Waals surface area contributed by atoms with E-state index in [-0.39, 0.29) is 53.4 Å². The summed E-state index contributed by atoms with van der Waals surface area (Å²) in [6.07, 6.45) is 0. The van der Waals surface area contributed by atoms with Crippen LogP contribution in [-0.2, 0) is 0 Å². The molecule has 31 N–H and O–H groups in total. The lowest BCUT2D eigenvalue weighted by Gasteiger charge is -2.07. The molecule has 0 aromatic heterocycles. The highest BCUT2D eigenvalue weighted by Gasteiger charge is 2.02. The fraction of sp³-hybridized carbons (Fsp3) is 0.375. The molecular weight excluding hydrogens is 708 g/mol. The number of hydrogen-bond acceptors (Lipinski definition) is 6. The lowest BCUT2D eigenvalue weighted by Crippen LogP contribution is -2.35. The zero-order chi connectivity index (χ0) is 43.0. The molecule has 0 saturated heterocycles. The van der Waals surface area contributed by atoms with Gasteiger partial charge >= 0.3 is 0 Å². The molecule has 0 aliphatic carbocycles. The Bertz CT molecular complexity index is 1530. The predicted molar refractivity (Wildman–Crippen MR) is 223 cm³/mol. The molecule has 0 aromatic rings. The second-order valence-electron chi connectivity index (χ2n) is 9.12. The van der Waals surface area contributed by atoms with Gasteiger partial charge in [-0.15, -0.1) is 0 Å². The molecule has 0 amide bonds. The summed E-state index contributed by atoms with van der Waals surface area (Å²) in [5.74, 6) is -0.965. The average molecular weight is 765 g/mol. The fourth-order valence-electron chi connectivity index (χ4n) is 2.35. The first-order valence-electron chi connectivity index (χ1n) is 14.6. The van der Waals surface area contributed by atoms with E-state index < -0.39 is 17.9 Å². The standard InChI is InChI=1S/C8H18N14.C8H18N4.C5H12N8.C3H8N4/c1-2(9)17-7(18-3(10)11)21-6(16)22-8(19-4(12)13)20-5(14)15;1-5-11-7(2)12-8(10-4)6-9-3;1-2(6)11-5(12-3(7)8)13-4(9)10;1-2(4)7-3(5)6/h1H3,(H15,9,10,11,12,13,14,15,16,17,18,19,20,21,22);9H,5-6H2,1-4H3,(H,10,11,12);1H3,(H9,6,7,8,9,10,11,12,13);1H3,(H5,4,5,6,7). The number of aliphatic imine (C=N–C) groups is 12. The SMILES string of the molecule is CC(N)=NC(=N)N.CC(N)=NC(N=C(N)N)=NC(=N)N.CC(N)=NC(N=C(N)N=C(N=C(N)N)N=C(N)N)=NC(=N)N.CCN=C(C)NC(CNC)=NC. The Hall–Kier alpha value is -7.79. The van der Waals surface area contributed by atoms with Crippen molar-refractivity contribution >= 4 is 88.8 Å². The second-order valence-corrected chi connectivity index (χ2v) is 9.12. The summed E-state index contributed by atoms with van der Waals surface area (Å²) in [7, 11) is 3.65. The lowest BCUT2D eigenvalue weighted by molar-refractivity contribution is 0.923. The molecule has 0 fully saturated rings. The van der Waals surface area contributed by atoms with Gasteiger partial charge in [-0.3, -0.25) is 26.2 Å². The molecule has 0 heterocycles. The molecule has 0 saturated carbocycles. The molecule has 30 heteroatoms. The normalized spacial score (nSPS) is 12.4. The van der Waals surface area contributed by atoms with Crippen LogP contribution in [0, 0.1) is 16.2 Å². The highest BCUT2D eigenvalue weighted by atomic mass is 15.2. The highest BCUT2D eigenvalue weighted by Crippen LogP contribution is 1.90. The van der Waals surface area contributed by atoms with Gasteiger partial charge in [0.05, 0.1) is 29.9 Å². The zero-order valence-corrected chi connectivity index (χ0v) is 31.3. The molecule has 0 rings (SSSR count). The van der Waals surface area contributed by atoms with Crippen molar-refractivity contribution < 1.29 is 0 Å². The quantitative estimate of drug-likeness (QED) is 0.0938. The van der Waals surface area contributed by atoms with Crippen molar-refractivity contribution in [2.75, 3.05) is 27.2 Å². The van der Waals surface area contributed by atoms with E-state index in [1.807, 2.05) is 20.9 Å². The maximum atomic E-state index is 7.06. The first-order valence-corrected chi connectivity index (χ1v) is 14.6. The van der Waals surface area contributed by atoms with Crippen molar-refractivity contribution in [1.82, 2.24) is 10.6 Å². The minimum absolute atomic E-state index is 0.106. The van der Waals surface area contributed by atoms with Crippen molar-refractivity contribution in [1.29, 1.82) is 16.2 Å². The average Bonchev–Trinajstić information content (AvgIpc) is 2.94. The van der Waals surface area contributed by atoms with Gasteiger partial charge in [0.25, 0.3) is 17.9 Å². The Balaban J connectivity index is -0.000000335. The van der Waals surface area contributed by atoms with Crippen LogP contribution in [0.4, 0.5) is 0 Å². The molecule has 0 radical (unpaired) electrons. The molecule has 0 aromatic carbocycles. The summed E-state index contributed by atoms with van der Waals surface area (Å²) >= 11 is 0. The number of hydrogen-bond donors (Lipinski definition) is 18. The summed E-state index contributed by atoms with van der Waals surface area (Å²) < 4.78 is 0. The largest absolute Gasteiger partial charge is 0.387 e. The van der Waals surface area contributed by atoms with Gasteiger partial charge in [0.15, 0.2) is 17.9 Å². The van der Waals surface area contributed by atoms with Crippen LogP contribution in [0.25, 0.3) is 0 Å². The molecule has 0 bridgehead atoms. The number of rotatable bonds is 3. The first-order chi connectivity index (χ1) is 24.9. The fourth-order valence-corrected chi connectivity index (χ4v) is 2.35. The topological polar surface area (TPSA) is 582 Å². The van der Waals surface area contributed by atoms with Crippen LogP contribution in [0.15, 0.2) is 59.9 Å². The Labute approximate surface area is 311 Å². The minimum Gasteiger partial charge on any atom is -0.387 e. The van der Waals surface area contributed by atoms with Gasteiger partial charge < -0.3 is 85.2 Å². The van der Waals surface area contributed by atoms with Gasteiger partial charge in [0.2, 0.25) is 23.8 Å². The van der Waals surface area contributed by atoms with Crippen LogP contribution in [0.5, 0.6) is 0 Å². The predicted octanol–water partition coefficient (Wildman–Crippen LogP) is -6.76. The third-order valence-corrected chi connectivity index (χ3v) is 3.74. The van der Waals surface area contributed by atoms with Gasteiger partial charge in [-0.2, -0.15) is 44.9 Å². The first kappa shape index (κ1) is 53.0. The Morgan fingerprint density at radius 1 is 0.500 bits per heavy atom. The summed E-state index contributed by atoms with van der Waals surface area (Å²) in [6, 6.07) is 0. The monoisotopic (exact) mass is 765 g/mol. The number of nitrogens with two attached hydrogens (primary N) is 13. The number of likely N-dealkylation sites (N-methyl/N-ethyl adjacent to an activating group) is 1. The van der Waals surface area contributed by atoms with E-state index in [0.717, 1.165) is 24.8 Å². The molecule has 0 spiro atoms. The maximum Gasteiger partial charge on any atom is 0.259 e. The highest BCUT2D eigenvalue weighted by molar-refractivity contribution is 6.09. The maximum absolute atomic E-state index is 7.06. The molecule has 302 valence electrons. The van der Waals surface area contributed by atoms with E-state index in [0.29, 0.717) is 5.84 Å². The molecule has 0 aliphatic rings. The number of amidine groups is 5. The number of nitrogens with one attached hydrogen (secondary N) is 5. The summed E-state index contributed by atoms with van der Waals surface area (Å²) in [4.78, 5) is 43.7. The van der Waals surface area contributed by atoms with Crippen molar-refractivity contribution in [3.05, 3.63) is 0 Å². The zero-order valence-electron chi connectivity index (χ0n) is 31.3. The van der Waals surface area contributed by atoms with E-state index in [2.05, 4.69) is 70.5 Å². The third kappa shape index (κ3) is 42.2. The van der Waals surface area contributed by atoms with Crippen LogP contribution >= 0.6 is 0 Å². The van der Waals surface area contributed by atoms with Gasteiger partial charge in [-0.05, 0) is 41.7 Å². The van der Waals surface area contributed by atoms with Crippen molar-refractivity contribution in [3.8, 4) is 0 Å². The van der Waals surface area contributed by atoms with Crippen LogP contribution in [0.3, 0.4) is 0 Å². The molecule has 54 heavy (non-hydrogen) atoms. The van der Waals surface area contributed by atoms with E-state index in [9.17, 15) is 0 Å². The van der Waals surface area contributed by atoms with Crippen LogP contribution in [0.2, 0.25) is 0 Å². The van der Waals surface area contributed by atoms with Crippen molar-refractivity contribution in [2.24, 2.45) is 134 Å². The smallest absolute Gasteiger partial charge is 0.259 e. The summed E-state index contributed by atoms with van der Waals surface area (Å²) in [5, 5.41) is 26.6. The van der Waals surface area contributed by atoms with Crippen LogP contribution < -0.4 is 85.2 Å². The molecule has 0 atom stereocenters. The van der Waals surface area contributed by atoms with E-state index in [1.165, 1.54) is 13.8 Å². The molecule has 0 aliphatic heterocycles. The Kier molecular flexibility index (Phi) is 30.6. The van der Waals surface area contributed by atoms with Crippen molar-refractivity contribution in [2.45, 2.75) is 34.6 Å². The minimum atomic E-state index is -0.561. The number of guanidine groups is 10. The Morgan fingerprint density at radius 2 is 0.852 bits per heavy atom. The van der Waals surface area contributed by atoms with Crippen molar-refractivity contribution in [3.63, 3.8) is 0 Å². The molecule has 0 unspecified atom stereocenters. The number of nitrogens with zero attached hydrogens (tertiary/aromatic N) is 12. The van der Waals surface area contributed by atoms with E-state index in [1.54, 1.807) is 14.0 Å². The second kappa shape index (κ2) is 31.2. The van der Waals surface area contributed by atoms with Gasteiger partial charge in [-0.25, -0.2) is 4.99 Å². The summed E-state index contributed by atoms with van der Waals surface area (Å²) in [5.41, 5.74) is 67.0. The van der Waals surface area contributed by atoms with Gasteiger partial charge in [-0.1, -0.05) is 0 Å². The third-order valence-electron chi connectivity index (χ3n) is 3.74. The van der Waals surface area contributed by atoms with E-state index in [4.69, 9.17) is 90.8 Å². The van der Waals surface area contributed by atoms with E-state index >= 15 is 0 Å². The molecule has 30 nitrogen and oxygen atoms in total. The van der Waals surface area contributed by atoms with Gasteiger partial charge in [0, 0.05) is 13.6 Å².